The van der Waals surface area contributed by atoms with Crippen LogP contribution < -0.4 is 29.6 Å². The van der Waals surface area contributed by atoms with Gasteiger partial charge >= 0.3 is 29.6 Å². The third-order valence-corrected chi connectivity index (χ3v) is 12.6. The summed E-state index contributed by atoms with van der Waals surface area (Å²) in [7, 11) is -4.98. The molecule has 232 valence electrons. The standard InChI is InChI=1S/C29H50O10S.Na/c1-16(10-18(14-30)17(2)28(5,34)15-39-40(36,37)38)22-12-23(32)25-20-11-24(33)29(35)13-19(31)6-9-27(29,4)21(20)7-8-26(22,25)3;/h10,16-17,19-25,30-35H,6-9,11-15H2,1-5H3,(H,36,37,38);/q;+1/p-1/b18-10+;/t16-,17+,19+,20?,21?,22-,23+,24-,25?,26-,27-,28-,29+;/m1./s1. The Morgan fingerprint density at radius 1 is 1.15 bits per heavy atom. The fourth-order valence-electron chi connectivity index (χ4n) is 9.69. The fourth-order valence-corrected chi connectivity index (χ4v) is 10.1. The van der Waals surface area contributed by atoms with Crippen molar-refractivity contribution < 1.29 is 77.4 Å². The summed E-state index contributed by atoms with van der Waals surface area (Å²) in [5, 5.41) is 65.8. The molecule has 0 amide bonds. The monoisotopic (exact) mass is 612 g/mol. The molecule has 0 heterocycles. The molecule has 13 atom stereocenters. The van der Waals surface area contributed by atoms with E-state index in [-0.39, 0.29) is 77.6 Å². The van der Waals surface area contributed by atoms with Gasteiger partial charge in [-0.05, 0) is 86.0 Å². The first-order valence-electron chi connectivity index (χ1n) is 14.7. The summed E-state index contributed by atoms with van der Waals surface area (Å²) < 4.78 is 37.1. The van der Waals surface area contributed by atoms with E-state index < -0.39 is 57.9 Å². The zero-order valence-corrected chi connectivity index (χ0v) is 28.2. The number of rotatable bonds is 8. The summed E-state index contributed by atoms with van der Waals surface area (Å²) in [6.45, 7) is 8.16. The first-order chi connectivity index (χ1) is 18.3. The maximum atomic E-state index is 11.7. The minimum atomic E-state index is -4.98. The SMILES string of the molecule is C[C@H](/C=C(\CO)[C@H](C)[C@](C)(O)COS(=O)(=O)[O-])[C@H]1C[C@H](O)C2C3C[C@@H](O)[C@@]4(O)C[C@@H](O)CC[C@]4(C)C3CC[C@@]21C.[Na+]. The van der Waals surface area contributed by atoms with Crippen molar-refractivity contribution in [3.63, 3.8) is 0 Å². The van der Waals surface area contributed by atoms with Gasteiger partial charge in [0.2, 0.25) is 10.4 Å². The maximum Gasteiger partial charge on any atom is 1.00 e. The van der Waals surface area contributed by atoms with Crippen molar-refractivity contribution in [1.82, 2.24) is 0 Å². The second-order valence-corrected chi connectivity index (χ2v) is 15.3. The number of fused-ring (bicyclic) bond motifs is 5. The molecule has 41 heavy (non-hydrogen) atoms. The molecule has 4 rings (SSSR count). The van der Waals surface area contributed by atoms with Gasteiger partial charge in [-0.2, -0.15) is 0 Å². The molecule has 0 saturated heterocycles. The van der Waals surface area contributed by atoms with Gasteiger partial charge in [0, 0.05) is 17.8 Å². The van der Waals surface area contributed by atoms with Crippen molar-refractivity contribution in [1.29, 1.82) is 0 Å². The third kappa shape index (κ3) is 6.27. The van der Waals surface area contributed by atoms with Gasteiger partial charge < -0.3 is 35.2 Å². The number of aliphatic hydroxyl groups is 6. The summed E-state index contributed by atoms with van der Waals surface area (Å²) in [4.78, 5) is 0. The first-order valence-corrected chi connectivity index (χ1v) is 16.0. The van der Waals surface area contributed by atoms with E-state index >= 15 is 0 Å². The Kier molecular flexibility index (Phi) is 10.7. The Balaban J connectivity index is 0.00000462. The van der Waals surface area contributed by atoms with E-state index in [1.54, 1.807) is 6.92 Å². The van der Waals surface area contributed by atoms with Crippen LogP contribution in [0.25, 0.3) is 0 Å². The van der Waals surface area contributed by atoms with E-state index in [1.807, 2.05) is 19.9 Å². The molecule has 0 spiro atoms. The topological polar surface area (TPSA) is 188 Å². The van der Waals surface area contributed by atoms with Gasteiger partial charge in [-0.15, -0.1) is 0 Å². The average Bonchev–Trinajstić information content (AvgIpc) is 3.13. The minimum Gasteiger partial charge on any atom is -0.726 e. The Morgan fingerprint density at radius 2 is 1.78 bits per heavy atom. The van der Waals surface area contributed by atoms with Crippen molar-refractivity contribution in [2.75, 3.05) is 13.2 Å². The number of hydrogen-bond acceptors (Lipinski definition) is 10. The molecule has 4 aliphatic rings. The zero-order valence-electron chi connectivity index (χ0n) is 25.4. The smallest absolute Gasteiger partial charge is 0.726 e. The van der Waals surface area contributed by atoms with Crippen molar-refractivity contribution in [3.05, 3.63) is 11.6 Å². The van der Waals surface area contributed by atoms with Crippen molar-refractivity contribution in [2.45, 2.75) is 109 Å². The Morgan fingerprint density at radius 3 is 2.37 bits per heavy atom. The summed E-state index contributed by atoms with van der Waals surface area (Å²) in [6.07, 6.45) is 3.65. The maximum absolute atomic E-state index is 11.7. The largest absolute Gasteiger partial charge is 1.00 e. The summed E-state index contributed by atoms with van der Waals surface area (Å²) >= 11 is 0. The summed E-state index contributed by atoms with van der Waals surface area (Å²) in [5.74, 6) is -0.704. The second kappa shape index (κ2) is 12.3. The van der Waals surface area contributed by atoms with Gasteiger partial charge in [0.1, 0.15) is 0 Å². The number of aliphatic hydroxyl groups excluding tert-OH is 4. The molecular weight excluding hydrogens is 563 g/mol. The molecule has 0 aromatic rings. The molecule has 0 bridgehead atoms. The van der Waals surface area contributed by atoms with Crippen molar-refractivity contribution >= 4 is 10.4 Å². The van der Waals surface area contributed by atoms with Crippen LogP contribution in [0.3, 0.4) is 0 Å². The fraction of sp³-hybridized carbons (Fsp3) is 0.931. The third-order valence-electron chi connectivity index (χ3n) is 12.2. The van der Waals surface area contributed by atoms with E-state index in [4.69, 9.17) is 0 Å². The summed E-state index contributed by atoms with van der Waals surface area (Å²) in [5.41, 5.74) is -3.39. The molecule has 10 nitrogen and oxygen atoms in total. The van der Waals surface area contributed by atoms with Crippen LogP contribution >= 0.6 is 0 Å². The molecule has 0 radical (unpaired) electrons. The van der Waals surface area contributed by atoms with Gasteiger partial charge in [-0.25, -0.2) is 8.42 Å². The quantitative estimate of drug-likeness (QED) is 0.0814. The van der Waals surface area contributed by atoms with Crippen LogP contribution in [0.4, 0.5) is 0 Å². The van der Waals surface area contributed by atoms with Gasteiger partial charge in [0.25, 0.3) is 0 Å². The van der Waals surface area contributed by atoms with Gasteiger partial charge in [-0.1, -0.05) is 33.8 Å². The molecule has 4 fully saturated rings. The van der Waals surface area contributed by atoms with Gasteiger partial charge in [0.15, 0.2) is 0 Å². The zero-order chi connectivity index (χ0) is 30.1. The van der Waals surface area contributed by atoms with E-state index in [9.17, 15) is 43.6 Å². The van der Waals surface area contributed by atoms with Crippen LogP contribution in [0.15, 0.2) is 11.6 Å². The van der Waals surface area contributed by atoms with Crippen LogP contribution in [0, 0.1) is 46.3 Å². The number of allylic oxidation sites excluding steroid dienone is 1. The first kappa shape index (κ1) is 35.8. The van der Waals surface area contributed by atoms with E-state index in [0.29, 0.717) is 31.3 Å². The van der Waals surface area contributed by atoms with Gasteiger partial charge in [0.05, 0.1) is 42.7 Å². The molecule has 0 aliphatic heterocycles. The second-order valence-electron chi connectivity index (χ2n) is 14.2. The van der Waals surface area contributed by atoms with Crippen molar-refractivity contribution in [3.8, 4) is 0 Å². The van der Waals surface area contributed by atoms with E-state index in [1.165, 1.54) is 6.92 Å². The Labute approximate surface area is 266 Å². The molecule has 0 aromatic carbocycles. The predicted octanol–water partition coefficient (Wildman–Crippen LogP) is -1.51. The Bertz CT molecular complexity index is 1080. The molecule has 3 unspecified atom stereocenters. The molecule has 0 aromatic heterocycles. The van der Waals surface area contributed by atoms with E-state index in [0.717, 1.165) is 12.8 Å². The summed E-state index contributed by atoms with van der Waals surface area (Å²) in [6, 6.07) is 0. The average molecular weight is 613 g/mol. The molecule has 4 saturated carbocycles. The van der Waals surface area contributed by atoms with E-state index in [2.05, 4.69) is 11.1 Å². The number of hydrogen-bond donors (Lipinski definition) is 6. The Hall–Kier alpha value is 0.370. The normalized spacial score (nSPS) is 45.9. The molecule has 12 heteroatoms. The van der Waals surface area contributed by atoms with Crippen molar-refractivity contribution in [2.24, 2.45) is 46.3 Å². The van der Waals surface area contributed by atoms with Gasteiger partial charge in [-0.3, -0.25) is 4.18 Å². The molecule has 4 aliphatic carbocycles. The molecular formula is C29H49NaO10S. The van der Waals surface area contributed by atoms with Crippen LogP contribution in [0.1, 0.15) is 79.6 Å². The minimum absolute atomic E-state index is 0. The van der Waals surface area contributed by atoms with Crippen LogP contribution in [0.5, 0.6) is 0 Å². The van der Waals surface area contributed by atoms with Crippen LogP contribution in [-0.4, -0.2) is 86.3 Å². The predicted molar refractivity (Wildman–Crippen MR) is 145 cm³/mol. The van der Waals surface area contributed by atoms with Crippen LogP contribution in [0.2, 0.25) is 0 Å². The molecule has 6 N–H and O–H groups in total. The van der Waals surface area contributed by atoms with Crippen LogP contribution in [-0.2, 0) is 14.6 Å².